The van der Waals surface area contributed by atoms with Crippen molar-refractivity contribution in [3.05, 3.63) is 47.9 Å². The summed E-state index contributed by atoms with van der Waals surface area (Å²) in [5.41, 5.74) is 8.08. The van der Waals surface area contributed by atoms with E-state index in [4.69, 9.17) is 10.2 Å². The van der Waals surface area contributed by atoms with Gasteiger partial charge in [0.1, 0.15) is 0 Å². The molecule has 6 heteroatoms. The summed E-state index contributed by atoms with van der Waals surface area (Å²) in [4.78, 5) is 18.2. The summed E-state index contributed by atoms with van der Waals surface area (Å²) in [5, 5.41) is 0.511. The Morgan fingerprint density at radius 2 is 2.30 bits per heavy atom. The van der Waals surface area contributed by atoms with E-state index in [1.165, 1.54) is 11.3 Å². The van der Waals surface area contributed by atoms with E-state index in [2.05, 4.69) is 4.98 Å². The summed E-state index contributed by atoms with van der Waals surface area (Å²) < 4.78 is 5.92. The standard InChI is InChI=1S/C14H13N3O2S/c1-17(7-9-4-5-19-8-9)13(18)10-2-3-11-12(6-10)20-14(15)16-11/h2-6,8H,7H2,1H3,(H2,15,16). The fraction of sp³-hybridized carbons (Fsp3) is 0.143. The molecule has 5 nitrogen and oxygen atoms in total. The number of carbonyl (C=O) groups excluding carboxylic acids is 1. The third-order valence-corrected chi connectivity index (χ3v) is 3.85. The van der Waals surface area contributed by atoms with Crippen LogP contribution in [0.4, 0.5) is 5.13 Å². The second-order valence-corrected chi connectivity index (χ2v) is 5.59. The maximum absolute atomic E-state index is 12.4. The molecule has 0 atom stereocenters. The minimum atomic E-state index is -0.0416. The molecule has 0 fully saturated rings. The van der Waals surface area contributed by atoms with E-state index in [1.54, 1.807) is 30.5 Å². The van der Waals surface area contributed by atoms with Crippen LogP contribution < -0.4 is 5.73 Å². The summed E-state index contributed by atoms with van der Waals surface area (Å²) in [6.45, 7) is 0.512. The largest absolute Gasteiger partial charge is 0.472 e. The second-order valence-electron chi connectivity index (χ2n) is 4.53. The van der Waals surface area contributed by atoms with Gasteiger partial charge < -0.3 is 15.1 Å². The summed E-state index contributed by atoms with van der Waals surface area (Å²) in [6.07, 6.45) is 3.23. The quantitative estimate of drug-likeness (QED) is 0.804. The molecule has 2 aromatic heterocycles. The molecule has 0 bridgehead atoms. The SMILES string of the molecule is CN(Cc1ccoc1)C(=O)c1ccc2nc(N)sc2c1. The molecule has 2 N–H and O–H groups in total. The minimum absolute atomic E-state index is 0.0416. The molecule has 0 aliphatic heterocycles. The first kappa shape index (κ1) is 12.7. The van der Waals surface area contributed by atoms with Crippen LogP contribution in [0.5, 0.6) is 0 Å². The van der Waals surface area contributed by atoms with Crippen molar-refractivity contribution in [2.75, 3.05) is 12.8 Å². The van der Waals surface area contributed by atoms with Crippen molar-refractivity contribution in [3.8, 4) is 0 Å². The number of amides is 1. The molecular formula is C14H13N3O2S. The van der Waals surface area contributed by atoms with E-state index in [0.717, 1.165) is 15.8 Å². The zero-order chi connectivity index (χ0) is 14.1. The van der Waals surface area contributed by atoms with Gasteiger partial charge in [0.2, 0.25) is 0 Å². The molecule has 0 saturated carbocycles. The molecule has 0 radical (unpaired) electrons. The third kappa shape index (κ3) is 2.37. The van der Waals surface area contributed by atoms with Gasteiger partial charge in [-0.1, -0.05) is 11.3 Å². The number of rotatable bonds is 3. The van der Waals surface area contributed by atoms with Crippen LogP contribution in [-0.2, 0) is 6.54 Å². The van der Waals surface area contributed by atoms with Crippen LogP contribution in [0.2, 0.25) is 0 Å². The molecule has 0 aliphatic rings. The number of nitrogens with two attached hydrogens (primary N) is 1. The Hall–Kier alpha value is -2.34. The lowest BCUT2D eigenvalue weighted by atomic mass is 10.2. The summed E-state index contributed by atoms with van der Waals surface area (Å²) in [6, 6.07) is 7.27. The van der Waals surface area contributed by atoms with Gasteiger partial charge in [0.05, 0.1) is 22.7 Å². The first-order chi connectivity index (χ1) is 9.63. The number of nitrogens with zero attached hydrogens (tertiary/aromatic N) is 2. The topological polar surface area (TPSA) is 72.4 Å². The van der Waals surface area contributed by atoms with E-state index < -0.39 is 0 Å². The van der Waals surface area contributed by atoms with Crippen molar-refractivity contribution >= 4 is 32.6 Å². The molecule has 0 spiro atoms. The number of aromatic nitrogens is 1. The van der Waals surface area contributed by atoms with Gasteiger partial charge in [-0.2, -0.15) is 0 Å². The first-order valence-corrected chi connectivity index (χ1v) is 6.88. The number of furan rings is 1. The zero-order valence-corrected chi connectivity index (χ0v) is 11.7. The molecule has 0 aliphatic carbocycles. The molecule has 3 aromatic rings. The van der Waals surface area contributed by atoms with E-state index in [-0.39, 0.29) is 5.91 Å². The van der Waals surface area contributed by atoms with E-state index >= 15 is 0 Å². The Morgan fingerprint density at radius 1 is 1.45 bits per heavy atom. The van der Waals surface area contributed by atoms with Crippen molar-refractivity contribution in [1.29, 1.82) is 0 Å². The Labute approximate surface area is 119 Å². The van der Waals surface area contributed by atoms with Gasteiger partial charge in [0.25, 0.3) is 5.91 Å². The van der Waals surface area contributed by atoms with Crippen LogP contribution in [0.25, 0.3) is 10.2 Å². The third-order valence-electron chi connectivity index (χ3n) is 3.00. The van der Waals surface area contributed by atoms with E-state index in [9.17, 15) is 4.79 Å². The Kier molecular flexibility index (Phi) is 3.15. The molecule has 0 unspecified atom stereocenters. The number of nitrogen functional groups attached to an aromatic ring is 1. The molecule has 2 heterocycles. The van der Waals surface area contributed by atoms with Crippen molar-refractivity contribution in [2.24, 2.45) is 0 Å². The maximum Gasteiger partial charge on any atom is 0.253 e. The predicted molar refractivity (Wildman–Crippen MR) is 78.5 cm³/mol. The number of thiazole rings is 1. The zero-order valence-electron chi connectivity index (χ0n) is 10.9. The number of anilines is 1. The average molecular weight is 287 g/mol. The fourth-order valence-corrected chi connectivity index (χ4v) is 2.80. The Morgan fingerprint density at radius 3 is 3.05 bits per heavy atom. The summed E-state index contributed by atoms with van der Waals surface area (Å²) >= 11 is 1.38. The summed E-state index contributed by atoms with van der Waals surface area (Å²) in [7, 11) is 1.76. The highest BCUT2D eigenvalue weighted by atomic mass is 32.1. The minimum Gasteiger partial charge on any atom is -0.472 e. The van der Waals surface area contributed by atoms with Gasteiger partial charge in [0.15, 0.2) is 5.13 Å². The normalized spacial score (nSPS) is 10.8. The van der Waals surface area contributed by atoms with Crippen molar-refractivity contribution in [2.45, 2.75) is 6.54 Å². The van der Waals surface area contributed by atoms with Crippen LogP contribution in [0.15, 0.2) is 41.2 Å². The van der Waals surface area contributed by atoms with Gasteiger partial charge in [-0.25, -0.2) is 4.98 Å². The molecule has 1 aromatic carbocycles. The number of fused-ring (bicyclic) bond motifs is 1. The lowest BCUT2D eigenvalue weighted by Gasteiger charge is -2.16. The number of benzene rings is 1. The lowest BCUT2D eigenvalue weighted by Crippen LogP contribution is -2.25. The van der Waals surface area contributed by atoms with E-state index in [1.807, 2.05) is 18.2 Å². The van der Waals surface area contributed by atoms with Gasteiger partial charge >= 0.3 is 0 Å². The highest BCUT2D eigenvalue weighted by molar-refractivity contribution is 7.22. The monoisotopic (exact) mass is 287 g/mol. The fourth-order valence-electron chi connectivity index (χ4n) is 2.02. The van der Waals surface area contributed by atoms with Crippen molar-refractivity contribution in [3.63, 3.8) is 0 Å². The van der Waals surface area contributed by atoms with Crippen LogP contribution in [0, 0.1) is 0 Å². The highest BCUT2D eigenvalue weighted by Gasteiger charge is 2.14. The smallest absolute Gasteiger partial charge is 0.253 e. The Balaban J connectivity index is 1.83. The first-order valence-electron chi connectivity index (χ1n) is 6.06. The lowest BCUT2D eigenvalue weighted by molar-refractivity contribution is 0.0785. The van der Waals surface area contributed by atoms with Crippen LogP contribution in [0.1, 0.15) is 15.9 Å². The Bertz CT molecular complexity index is 749. The van der Waals surface area contributed by atoms with Crippen molar-refractivity contribution < 1.29 is 9.21 Å². The van der Waals surface area contributed by atoms with Crippen LogP contribution in [-0.4, -0.2) is 22.8 Å². The highest BCUT2D eigenvalue weighted by Crippen LogP contribution is 2.25. The summed E-state index contributed by atoms with van der Waals surface area (Å²) in [5.74, 6) is -0.0416. The molecule has 20 heavy (non-hydrogen) atoms. The average Bonchev–Trinajstić information content (AvgIpc) is 3.04. The van der Waals surface area contributed by atoms with Gasteiger partial charge in [-0.05, 0) is 24.3 Å². The molecular weight excluding hydrogens is 274 g/mol. The van der Waals surface area contributed by atoms with Crippen LogP contribution in [0.3, 0.4) is 0 Å². The molecule has 3 rings (SSSR count). The van der Waals surface area contributed by atoms with Gasteiger partial charge in [0, 0.05) is 24.7 Å². The van der Waals surface area contributed by atoms with Crippen LogP contribution >= 0.6 is 11.3 Å². The number of hydrogen-bond acceptors (Lipinski definition) is 5. The molecule has 0 saturated heterocycles. The van der Waals surface area contributed by atoms with E-state index in [0.29, 0.717) is 17.2 Å². The predicted octanol–water partition coefficient (Wildman–Crippen LogP) is 2.74. The maximum atomic E-state index is 12.4. The van der Waals surface area contributed by atoms with Gasteiger partial charge in [-0.15, -0.1) is 0 Å². The second kappa shape index (κ2) is 4.97. The van der Waals surface area contributed by atoms with Crippen molar-refractivity contribution in [1.82, 2.24) is 9.88 Å². The number of carbonyl (C=O) groups is 1. The number of hydrogen-bond donors (Lipinski definition) is 1. The van der Waals surface area contributed by atoms with Gasteiger partial charge in [-0.3, -0.25) is 4.79 Å². The molecule has 1 amide bonds. The molecule has 102 valence electrons.